The van der Waals surface area contributed by atoms with Gasteiger partial charge in [-0.1, -0.05) is 44.9 Å². The van der Waals surface area contributed by atoms with Gasteiger partial charge in [-0.15, -0.1) is 0 Å². The number of hydrogen-bond donors (Lipinski definition) is 3. The molecule has 6 atom stereocenters. The van der Waals surface area contributed by atoms with Crippen LogP contribution in [0.3, 0.4) is 0 Å². The zero-order chi connectivity index (χ0) is 28.7. The molecule has 216 valence electrons. The topological polar surface area (TPSA) is 158 Å². The first-order valence-electron chi connectivity index (χ1n) is 12.8. The molecule has 1 saturated heterocycles. The van der Waals surface area contributed by atoms with Gasteiger partial charge in [0.2, 0.25) is 5.82 Å². The highest BCUT2D eigenvalue weighted by molar-refractivity contribution is 7.52. The van der Waals surface area contributed by atoms with E-state index in [0.717, 1.165) is 17.4 Å². The summed E-state index contributed by atoms with van der Waals surface area (Å²) in [4.78, 5) is 37.9. The lowest BCUT2D eigenvalue weighted by Crippen LogP contribution is -2.39. The first-order valence-corrected chi connectivity index (χ1v) is 14.3. The van der Waals surface area contributed by atoms with Crippen molar-refractivity contribution in [3.8, 4) is 5.75 Å². The van der Waals surface area contributed by atoms with Crippen LogP contribution in [0.4, 0.5) is 4.39 Å². The molecule has 2 heterocycles. The lowest BCUT2D eigenvalue weighted by molar-refractivity contribution is -0.146. The molecular weight excluding hydrogens is 536 g/mol. The Kier molecular flexibility index (Phi) is 10.6. The highest BCUT2D eigenvalue weighted by atomic mass is 31.2. The number of carbonyl (C=O) groups is 1. The molecule has 3 N–H and O–H groups in total. The molecular formula is C25H35FN3O9P. The van der Waals surface area contributed by atoms with Crippen molar-refractivity contribution in [2.75, 3.05) is 6.61 Å². The maximum Gasteiger partial charge on any atom is 0.459 e. The molecule has 0 aliphatic carbocycles. The van der Waals surface area contributed by atoms with E-state index in [4.69, 9.17) is 18.5 Å². The molecule has 0 amide bonds. The number of aromatic amines is 1. The van der Waals surface area contributed by atoms with Crippen LogP contribution in [0.25, 0.3) is 0 Å². The molecule has 1 aliphatic rings. The summed E-state index contributed by atoms with van der Waals surface area (Å²) in [6.45, 7) is 7.13. The Hall–Kier alpha value is -2.83. The number of aliphatic hydroxyl groups is 1. The molecule has 0 spiro atoms. The molecule has 1 aliphatic heterocycles. The lowest BCUT2D eigenvalue weighted by atomic mass is 10.1. The minimum atomic E-state index is -4.28. The van der Waals surface area contributed by atoms with E-state index >= 15 is 0 Å². The molecule has 39 heavy (non-hydrogen) atoms. The number of halogens is 1. The van der Waals surface area contributed by atoms with Crippen molar-refractivity contribution < 1.29 is 37.4 Å². The zero-order valence-electron chi connectivity index (χ0n) is 22.2. The van der Waals surface area contributed by atoms with E-state index in [1.54, 1.807) is 30.3 Å². The quantitative estimate of drug-likeness (QED) is 0.241. The van der Waals surface area contributed by atoms with Gasteiger partial charge in [-0.05, 0) is 31.9 Å². The summed E-state index contributed by atoms with van der Waals surface area (Å²) in [5, 5.41) is 13.2. The van der Waals surface area contributed by atoms with Crippen LogP contribution in [-0.4, -0.2) is 51.6 Å². The molecule has 0 radical (unpaired) electrons. The van der Waals surface area contributed by atoms with E-state index in [1.165, 1.54) is 13.8 Å². The third kappa shape index (κ3) is 8.09. The van der Waals surface area contributed by atoms with E-state index in [2.05, 4.69) is 5.09 Å². The zero-order valence-corrected chi connectivity index (χ0v) is 23.1. The molecule has 1 aromatic carbocycles. The summed E-state index contributed by atoms with van der Waals surface area (Å²) in [5.41, 5.74) is -2.10. The van der Waals surface area contributed by atoms with Gasteiger partial charge in [0, 0.05) is 6.42 Å². The number of H-pyrrole nitrogens is 1. The highest BCUT2D eigenvalue weighted by Crippen LogP contribution is 2.47. The first-order chi connectivity index (χ1) is 18.5. The van der Waals surface area contributed by atoms with Crippen LogP contribution in [0.15, 0.2) is 46.1 Å². The van der Waals surface area contributed by atoms with Crippen LogP contribution in [0.2, 0.25) is 0 Å². The van der Waals surface area contributed by atoms with Crippen LogP contribution in [0, 0.1) is 11.7 Å². The number of esters is 1. The van der Waals surface area contributed by atoms with Gasteiger partial charge in [0.1, 0.15) is 24.1 Å². The summed E-state index contributed by atoms with van der Waals surface area (Å²) >= 11 is 0. The summed E-state index contributed by atoms with van der Waals surface area (Å²) < 4.78 is 51.0. The van der Waals surface area contributed by atoms with Crippen LogP contribution in [0.1, 0.15) is 53.2 Å². The highest BCUT2D eigenvalue weighted by Gasteiger charge is 2.43. The molecule has 0 unspecified atom stereocenters. The molecule has 12 nitrogen and oxygen atoms in total. The Morgan fingerprint density at radius 2 is 1.92 bits per heavy atom. The molecule has 0 bridgehead atoms. The summed E-state index contributed by atoms with van der Waals surface area (Å²) in [6.07, 6.45) is -2.33. The Morgan fingerprint density at radius 3 is 2.56 bits per heavy atom. The van der Waals surface area contributed by atoms with Gasteiger partial charge in [0.25, 0.3) is 5.56 Å². The first kappa shape index (κ1) is 30.7. The Labute approximate surface area is 225 Å². The van der Waals surface area contributed by atoms with Crippen molar-refractivity contribution in [1.29, 1.82) is 0 Å². The minimum Gasteiger partial charge on any atom is -0.464 e. The number of ether oxygens (including phenoxy) is 2. The standard InChI is InChI=1S/C25H35FN3O9P/c1-5-17(6-2)14-35-24(32)15(3)28-39(34,38-18-10-8-7-9-11-18)37-16(4)22-20(30)12-21(36-22)29-13-19(26)23(31)27-25(29)33/h7-11,13,15-17,20-22,30H,5-6,12,14H2,1-4H3,(H,28,34)(H,27,31,33)/t15-,16+,20-,21+,22+,39-/m0/s1. The number of carbonyl (C=O) groups excluding carboxylic acids is 1. The molecule has 2 aromatic rings. The molecule has 14 heteroatoms. The van der Waals surface area contributed by atoms with Crippen molar-refractivity contribution in [2.45, 2.75) is 77.5 Å². The molecule has 1 fully saturated rings. The predicted octanol–water partition coefficient (Wildman–Crippen LogP) is 2.87. The summed E-state index contributed by atoms with van der Waals surface area (Å²) in [5.74, 6) is -1.46. The van der Waals surface area contributed by atoms with E-state index in [-0.39, 0.29) is 24.7 Å². The lowest BCUT2D eigenvalue weighted by Gasteiger charge is -2.29. The molecule has 1 aromatic heterocycles. The number of hydrogen-bond acceptors (Lipinski definition) is 9. The SMILES string of the molecule is CCC(CC)COC(=O)[C@H](C)N[P@@](=O)(Oc1ccccc1)O[C@H](C)[C@H]1O[C@@H](n2cc(F)c(=O)[nH]c2=O)C[C@@H]1O. The smallest absolute Gasteiger partial charge is 0.459 e. The van der Waals surface area contributed by atoms with Crippen molar-refractivity contribution in [3.63, 3.8) is 0 Å². The Balaban J connectivity index is 1.76. The van der Waals surface area contributed by atoms with Gasteiger partial charge in [-0.25, -0.2) is 9.36 Å². The van der Waals surface area contributed by atoms with Crippen molar-refractivity contribution >= 4 is 13.7 Å². The average molecular weight is 572 g/mol. The number of nitrogens with one attached hydrogen (secondary N) is 2. The van der Waals surface area contributed by atoms with E-state index in [0.29, 0.717) is 6.20 Å². The van der Waals surface area contributed by atoms with Crippen LogP contribution in [0.5, 0.6) is 5.75 Å². The number of benzene rings is 1. The third-order valence-corrected chi connectivity index (χ3v) is 8.19. The number of rotatable bonds is 13. The minimum absolute atomic E-state index is 0.139. The fourth-order valence-corrected chi connectivity index (χ4v) is 5.76. The van der Waals surface area contributed by atoms with Crippen LogP contribution >= 0.6 is 7.75 Å². The second-order valence-corrected chi connectivity index (χ2v) is 11.0. The van der Waals surface area contributed by atoms with Gasteiger partial charge in [0.05, 0.1) is 25.0 Å². The molecule has 0 saturated carbocycles. The van der Waals surface area contributed by atoms with E-state index < -0.39 is 61.4 Å². The average Bonchev–Trinajstić information content (AvgIpc) is 3.28. The van der Waals surface area contributed by atoms with Gasteiger partial charge in [-0.3, -0.25) is 23.7 Å². The van der Waals surface area contributed by atoms with Crippen LogP contribution < -0.4 is 20.9 Å². The van der Waals surface area contributed by atoms with E-state index in [9.17, 15) is 28.4 Å². The Bertz CT molecular complexity index is 1270. The van der Waals surface area contributed by atoms with Gasteiger partial charge in [0.15, 0.2) is 0 Å². The number of aromatic nitrogens is 2. The van der Waals surface area contributed by atoms with Crippen molar-refractivity contribution in [1.82, 2.24) is 14.6 Å². The fraction of sp³-hybridized carbons (Fsp3) is 0.560. The van der Waals surface area contributed by atoms with Crippen molar-refractivity contribution in [3.05, 3.63) is 63.2 Å². The second kappa shape index (κ2) is 13.5. The van der Waals surface area contributed by atoms with Gasteiger partial charge in [-0.2, -0.15) is 9.48 Å². The van der Waals surface area contributed by atoms with Crippen molar-refractivity contribution in [2.24, 2.45) is 5.92 Å². The van der Waals surface area contributed by atoms with Gasteiger partial charge >= 0.3 is 19.4 Å². The number of aliphatic hydroxyl groups excluding tert-OH is 1. The van der Waals surface area contributed by atoms with Gasteiger partial charge < -0.3 is 19.1 Å². The molecule has 3 rings (SSSR count). The van der Waals surface area contributed by atoms with E-state index in [1.807, 2.05) is 18.8 Å². The second-order valence-electron chi connectivity index (χ2n) is 9.38. The predicted molar refractivity (Wildman–Crippen MR) is 139 cm³/mol. The maximum atomic E-state index is 13.9. The fourth-order valence-electron chi connectivity index (χ4n) is 4.06. The number of nitrogens with zero attached hydrogens (tertiary/aromatic N) is 1. The third-order valence-electron chi connectivity index (χ3n) is 6.43. The number of para-hydroxylation sites is 1. The maximum absolute atomic E-state index is 13.9. The Morgan fingerprint density at radius 1 is 1.26 bits per heavy atom. The summed E-state index contributed by atoms with van der Waals surface area (Å²) in [6, 6.07) is 7.07. The monoisotopic (exact) mass is 571 g/mol. The van der Waals surface area contributed by atoms with Crippen LogP contribution in [-0.2, 0) is 23.4 Å². The largest absolute Gasteiger partial charge is 0.464 e. The normalized spacial score (nSPS) is 22.3. The summed E-state index contributed by atoms with van der Waals surface area (Å²) in [7, 11) is -4.28.